The monoisotopic (exact) mass is 294 g/mol. The van der Waals surface area contributed by atoms with Crippen molar-refractivity contribution in [3.8, 4) is 0 Å². The van der Waals surface area contributed by atoms with Gasteiger partial charge in [0.1, 0.15) is 5.82 Å². The smallest absolute Gasteiger partial charge is 0.356 e. The van der Waals surface area contributed by atoms with Crippen LogP contribution in [0.1, 0.15) is 44.6 Å². The van der Waals surface area contributed by atoms with Crippen molar-refractivity contribution >= 4 is 11.8 Å². The Morgan fingerprint density at radius 2 is 1.95 bits per heavy atom. The van der Waals surface area contributed by atoms with E-state index < -0.39 is 5.97 Å². The molecule has 0 bridgehead atoms. The van der Waals surface area contributed by atoms with E-state index in [0.717, 1.165) is 26.1 Å². The average Bonchev–Trinajstić information content (AvgIpc) is 2.45. The maximum atomic E-state index is 10.7. The summed E-state index contributed by atoms with van der Waals surface area (Å²) < 4.78 is 0. The van der Waals surface area contributed by atoms with Crippen molar-refractivity contribution < 1.29 is 9.90 Å². The molecule has 0 spiro atoms. The minimum absolute atomic E-state index is 0.0389. The van der Waals surface area contributed by atoms with Crippen LogP contribution in [0.3, 0.4) is 0 Å². The number of hydrogen-bond acceptors (Lipinski definition) is 5. The molecule has 21 heavy (non-hydrogen) atoms. The van der Waals surface area contributed by atoms with Crippen molar-refractivity contribution in [2.75, 3.05) is 25.0 Å². The van der Waals surface area contributed by atoms with Gasteiger partial charge in [0.05, 0.1) is 12.4 Å². The number of anilines is 1. The Balaban J connectivity index is 2.64. The van der Waals surface area contributed by atoms with Crippen molar-refractivity contribution in [3.63, 3.8) is 0 Å². The number of aromatic carboxylic acids is 1. The summed E-state index contributed by atoms with van der Waals surface area (Å²) in [6, 6.07) is 0.431. The molecule has 0 saturated heterocycles. The number of carbonyl (C=O) groups is 1. The zero-order chi connectivity index (χ0) is 15.8. The lowest BCUT2D eigenvalue weighted by atomic mass is 10.0. The van der Waals surface area contributed by atoms with Crippen molar-refractivity contribution in [2.24, 2.45) is 5.92 Å². The molecule has 1 heterocycles. The second kappa shape index (κ2) is 8.56. The minimum atomic E-state index is -1.06. The highest BCUT2D eigenvalue weighted by atomic mass is 16.4. The van der Waals surface area contributed by atoms with Crippen LogP contribution < -0.4 is 5.32 Å². The lowest BCUT2D eigenvalue weighted by molar-refractivity contribution is 0.0690. The first-order valence-electron chi connectivity index (χ1n) is 7.51. The van der Waals surface area contributed by atoms with Crippen LogP contribution in [0.5, 0.6) is 0 Å². The molecule has 2 N–H and O–H groups in total. The maximum Gasteiger partial charge on any atom is 0.356 e. The molecule has 118 valence electrons. The molecule has 0 aliphatic rings. The molecule has 0 aliphatic carbocycles. The summed E-state index contributed by atoms with van der Waals surface area (Å²) in [5, 5.41) is 12.1. The molecule has 1 aromatic heterocycles. The van der Waals surface area contributed by atoms with E-state index in [1.807, 2.05) is 0 Å². The summed E-state index contributed by atoms with van der Waals surface area (Å²) in [5.41, 5.74) is -0.0389. The molecule has 1 unspecified atom stereocenters. The largest absolute Gasteiger partial charge is 0.476 e. The van der Waals surface area contributed by atoms with Gasteiger partial charge in [0, 0.05) is 12.6 Å². The third-order valence-electron chi connectivity index (χ3n) is 3.46. The van der Waals surface area contributed by atoms with Crippen molar-refractivity contribution in [2.45, 2.75) is 40.2 Å². The highest BCUT2D eigenvalue weighted by Crippen LogP contribution is 2.12. The van der Waals surface area contributed by atoms with E-state index in [-0.39, 0.29) is 5.69 Å². The van der Waals surface area contributed by atoms with E-state index in [4.69, 9.17) is 5.11 Å². The zero-order valence-corrected chi connectivity index (χ0v) is 13.3. The molecule has 0 aromatic carbocycles. The first-order chi connectivity index (χ1) is 9.97. The first-order valence-corrected chi connectivity index (χ1v) is 7.51. The zero-order valence-electron chi connectivity index (χ0n) is 13.3. The fourth-order valence-electron chi connectivity index (χ4n) is 2.40. The van der Waals surface area contributed by atoms with Gasteiger partial charge in [-0.2, -0.15) is 0 Å². The van der Waals surface area contributed by atoms with Gasteiger partial charge in [0.25, 0.3) is 0 Å². The van der Waals surface area contributed by atoms with Gasteiger partial charge < -0.3 is 10.4 Å². The molecular formula is C15H26N4O2. The Kier molecular flexibility index (Phi) is 7.08. The lowest BCUT2D eigenvalue weighted by Crippen LogP contribution is -2.40. The molecular weight excluding hydrogens is 268 g/mol. The highest BCUT2D eigenvalue weighted by Gasteiger charge is 2.17. The van der Waals surface area contributed by atoms with Crippen LogP contribution in [0.4, 0.5) is 5.82 Å². The Morgan fingerprint density at radius 3 is 2.38 bits per heavy atom. The molecule has 0 amide bonds. The van der Waals surface area contributed by atoms with Crippen LogP contribution in [-0.4, -0.2) is 51.6 Å². The number of aromatic nitrogens is 2. The van der Waals surface area contributed by atoms with Gasteiger partial charge >= 0.3 is 5.97 Å². The van der Waals surface area contributed by atoms with Gasteiger partial charge in [-0.3, -0.25) is 4.90 Å². The summed E-state index contributed by atoms with van der Waals surface area (Å²) in [7, 11) is 0. The lowest BCUT2D eigenvalue weighted by Gasteiger charge is -2.31. The molecule has 1 atom stereocenters. The van der Waals surface area contributed by atoms with Gasteiger partial charge in [-0.15, -0.1) is 0 Å². The molecule has 0 saturated carbocycles. The molecule has 0 fully saturated rings. The van der Waals surface area contributed by atoms with Gasteiger partial charge in [-0.05, 0) is 25.4 Å². The average molecular weight is 294 g/mol. The Labute approximate surface area is 126 Å². The minimum Gasteiger partial charge on any atom is -0.476 e. The summed E-state index contributed by atoms with van der Waals surface area (Å²) in [6.45, 7) is 11.6. The molecule has 0 aliphatic heterocycles. The van der Waals surface area contributed by atoms with Crippen LogP contribution in [0, 0.1) is 5.92 Å². The third kappa shape index (κ3) is 5.67. The van der Waals surface area contributed by atoms with E-state index in [0.29, 0.717) is 17.8 Å². The second-order valence-electron chi connectivity index (χ2n) is 5.48. The van der Waals surface area contributed by atoms with E-state index in [9.17, 15) is 4.79 Å². The summed E-state index contributed by atoms with van der Waals surface area (Å²) in [5.74, 6) is 0.175. The Hall–Kier alpha value is -1.69. The van der Waals surface area contributed by atoms with E-state index in [2.05, 4.69) is 47.9 Å². The van der Waals surface area contributed by atoms with Crippen LogP contribution in [0.15, 0.2) is 12.4 Å². The first kappa shape index (κ1) is 17.4. The molecule has 6 heteroatoms. The normalized spacial score (nSPS) is 12.7. The summed E-state index contributed by atoms with van der Waals surface area (Å²) >= 11 is 0. The quantitative estimate of drug-likeness (QED) is 0.728. The van der Waals surface area contributed by atoms with Crippen LogP contribution >= 0.6 is 0 Å². The van der Waals surface area contributed by atoms with Gasteiger partial charge in [0.2, 0.25) is 0 Å². The van der Waals surface area contributed by atoms with Crippen molar-refractivity contribution in [1.82, 2.24) is 14.9 Å². The second-order valence-corrected chi connectivity index (χ2v) is 5.48. The van der Waals surface area contributed by atoms with Gasteiger partial charge in [0.15, 0.2) is 5.69 Å². The molecule has 1 aromatic rings. The predicted molar refractivity (Wildman–Crippen MR) is 83.6 cm³/mol. The van der Waals surface area contributed by atoms with E-state index >= 15 is 0 Å². The standard InChI is InChI=1S/C15H26N4O2/c1-5-19(6-2)12(7-11(3)4)8-17-14-10-16-13(9-18-14)15(20)21/h9-12H,5-8H2,1-4H3,(H,17,18)(H,20,21). The van der Waals surface area contributed by atoms with E-state index in [1.165, 1.54) is 12.4 Å². The fraction of sp³-hybridized carbons (Fsp3) is 0.667. The topological polar surface area (TPSA) is 78.4 Å². The summed E-state index contributed by atoms with van der Waals surface area (Å²) in [4.78, 5) is 21.1. The molecule has 6 nitrogen and oxygen atoms in total. The number of rotatable bonds is 9. The molecule has 1 rings (SSSR count). The van der Waals surface area contributed by atoms with Crippen LogP contribution in [-0.2, 0) is 0 Å². The number of nitrogens with one attached hydrogen (secondary N) is 1. The maximum absolute atomic E-state index is 10.7. The van der Waals surface area contributed by atoms with Crippen LogP contribution in [0.2, 0.25) is 0 Å². The van der Waals surface area contributed by atoms with Crippen molar-refractivity contribution in [3.05, 3.63) is 18.1 Å². The number of nitrogens with zero attached hydrogens (tertiary/aromatic N) is 3. The fourth-order valence-corrected chi connectivity index (χ4v) is 2.40. The van der Waals surface area contributed by atoms with Crippen LogP contribution in [0.25, 0.3) is 0 Å². The predicted octanol–water partition coefficient (Wildman–Crippen LogP) is 2.34. The van der Waals surface area contributed by atoms with E-state index in [1.54, 1.807) is 0 Å². The molecule has 0 radical (unpaired) electrons. The number of carboxylic acids is 1. The summed E-state index contributed by atoms with van der Waals surface area (Å²) in [6.07, 6.45) is 3.85. The SMILES string of the molecule is CCN(CC)C(CNc1cnc(C(=O)O)cn1)CC(C)C. The van der Waals surface area contributed by atoms with Gasteiger partial charge in [-0.25, -0.2) is 14.8 Å². The number of carboxylic acid groups (broad SMARTS) is 1. The Morgan fingerprint density at radius 1 is 1.29 bits per heavy atom. The van der Waals surface area contributed by atoms with Gasteiger partial charge in [-0.1, -0.05) is 27.7 Å². The third-order valence-corrected chi connectivity index (χ3v) is 3.46. The number of hydrogen-bond donors (Lipinski definition) is 2. The Bertz CT molecular complexity index is 430. The number of likely N-dealkylation sites (N-methyl/N-ethyl adjacent to an activating group) is 1. The highest BCUT2D eigenvalue weighted by molar-refractivity contribution is 5.84. The van der Waals surface area contributed by atoms with Crippen molar-refractivity contribution in [1.29, 1.82) is 0 Å².